The van der Waals surface area contributed by atoms with E-state index in [-0.39, 0.29) is 12.4 Å². The molecule has 2 aromatic rings. The van der Waals surface area contributed by atoms with Crippen LogP contribution in [0.2, 0.25) is 0 Å². The number of fused-ring (bicyclic) bond motifs is 1. The van der Waals surface area contributed by atoms with E-state index in [4.69, 9.17) is 5.11 Å². The standard InChI is InChI=1S/C12H11NO2/c1-8(15)10-6-9-4-2-3-5-11(9)13-12(10)7-14/h2-6,14H,7H2,1H3. The summed E-state index contributed by atoms with van der Waals surface area (Å²) in [5, 5.41) is 10.0. The van der Waals surface area contributed by atoms with Gasteiger partial charge in [-0.05, 0) is 19.1 Å². The maximum absolute atomic E-state index is 11.3. The van der Waals surface area contributed by atoms with Crippen molar-refractivity contribution in [3.05, 3.63) is 41.6 Å². The summed E-state index contributed by atoms with van der Waals surface area (Å²) in [6.45, 7) is 1.27. The summed E-state index contributed by atoms with van der Waals surface area (Å²) in [5.41, 5.74) is 1.74. The normalized spacial score (nSPS) is 10.5. The summed E-state index contributed by atoms with van der Waals surface area (Å²) in [4.78, 5) is 15.6. The highest BCUT2D eigenvalue weighted by Crippen LogP contribution is 2.17. The Balaban J connectivity index is 2.74. The molecule has 0 amide bonds. The number of nitrogens with zero attached hydrogens (tertiary/aromatic N) is 1. The van der Waals surface area contributed by atoms with Crippen molar-refractivity contribution in [2.75, 3.05) is 0 Å². The molecule has 0 atom stereocenters. The van der Waals surface area contributed by atoms with Crippen molar-refractivity contribution in [2.45, 2.75) is 13.5 Å². The molecule has 3 nitrogen and oxygen atoms in total. The second-order valence-electron chi connectivity index (χ2n) is 3.39. The Labute approximate surface area is 87.4 Å². The van der Waals surface area contributed by atoms with Crippen LogP contribution < -0.4 is 0 Å². The molecule has 0 fully saturated rings. The molecule has 1 heterocycles. The van der Waals surface area contributed by atoms with Gasteiger partial charge in [0.1, 0.15) is 0 Å². The Hall–Kier alpha value is -1.74. The van der Waals surface area contributed by atoms with Crippen LogP contribution >= 0.6 is 0 Å². The van der Waals surface area contributed by atoms with Crippen LogP contribution in [-0.2, 0) is 6.61 Å². The molecule has 0 saturated carbocycles. The first-order chi connectivity index (χ1) is 7.22. The third kappa shape index (κ3) is 1.74. The lowest BCUT2D eigenvalue weighted by molar-refractivity contribution is 0.101. The van der Waals surface area contributed by atoms with Crippen LogP contribution in [0.25, 0.3) is 10.9 Å². The number of aliphatic hydroxyl groups is 1. The van der Waals surface area contributed by atoms with Crippen LogP contribution in [0.15, 0.2) is 30.3 Å². The molecule has 0 radical (unpaired) electrons. The van der Waals surface area contributed by atoms with Crippen molar-refractivity contribution in [3.8, 4) is 0 Å². The molecule has 0 unspecified atom stereocenters. The Morgan fingerprint density at radius 3 is 2.80 bits per heavy atom. The van der Waals surface area contributed by atoms with E-state index in [1.807, 2.05) is 24.3 Å². The van der Waals surface area contributed by atoms with Gasteiger partial charge in [0.25, 0.3) is 0 Å². The monoisotopic (exact) mass is 201 g/mol. The molecule has 3 heteroatoms. The summed E-state index contributed by atoms with van der Waals surface area (Å²) in [5.74, 6) is -0.0719. The van der Waals surface area contributed by atoms with Crippen LogP contribution in [0.5, 0.6) is 0 Å². The van der Waals surface area contributed by atoms with Gasteiger partial charge in [-0.25, -0.2) is 4.98 Å². The topological polar surface area (TPSA) is 50.2 Å². The average molecular weight is 201 g/mol. The highest BCUT2D eigenvalue weighted by molar-refractivity contribution is 5.98. The molecule has 2 rings (SSSR count). The predicted molar refractivity (Wildman–Crippen MR) is 57.7 cm³/mol. The van der Waals surface area contributed by atoms with E-state index in [9.17, 15) is 4.79 Å². The van der Waals surface area contributed by atoms with Crippen molar-refractivity contribution in [2.24, 2.45) is 0 Å². The third-order valence-corrected chi connectivity index (χ3v) is 2.33. The summed E-state index contributed by atoms with van der Waals surface area (Å²) in [7, 11) is 0. The third-order valence-electron chi connectivity index (χ3n) is 2.33. The number of ketones is 1. The lowest BCUT2D eigenvalue weighted by Gasteiger charge is -2.05. The number of Topliss-reactive ketones (excluding diaryl/α,β-unsaturated/α-hetero) is 1. The quantitative estimate of drug-likeness (QED) is 0.755. The van der Waals surface area contributed by atoms with Gasteiger partial charge < -0.3 is 5.11 Å². The molecular formula is C12H11NO2. The number of hydrogen-bond donors (Lipinski definition) is 1. The lowest BCUT2D eigenvalue weighted by atomic mass is 10.1. The number of carbonyl (C=O) groups excluding carboxylic acids is 1. The Morgan fingerprint density at radius 2 is 2.13 bits per heavy atom. The van der Waals surface area contributed by atoms with E-state index >= 15 is 0 Å². The Kier molecular flexibility index (Phi) is 2.47. The predicted octanol–water partition coefficient (Wildman–Crippen LogP) is 1.93. The Bertz CT molecular complexity index is 520. The van der Waals surface area contributed by atoms with Crippen LogP contribution in [-0.4, -0.2) is 15.9 Å². The van der Waals surface area contributed by atoms with Crippen molar-refractivity contribution >= 4 is 16.7 Å². The maximum Gasteiger partial charge on any atom is 0.161 e. The van der Waals surface area contributed by atoms with Crippen molar-refractivity contribution in [1.82, 2.24) is 4.98 Å². The number of aliphatic hydroxyl groups excluding tert-OH is 1. The SMILES string of the molecule is CC(=O)c1cc2ccccc2nc1CO. The van der Waals surface area contributed by atoms with E-state index in [2.05, 4.69) is 4.98 Å². The first kappa shape index (κ1) is 9.80. The fourth-order valence-corrected chi connectivity index (χ4v) is 1.58. The molecule has 0 saturated heterocycles. The van der Waals surface area contributed by atoms with Gasteiger partial charge in [-0.3, -0.25) is 4.79 Å². The van der Waals surface area contributed by atoms with Gasteiger partial charge in [0.15, 0.2) is 5.78 Å². The molecule has 0 bridgehead atoms. The second-order valence-corrected chi connectivity index (χ2v) is 3.39. The van der Waals surface area contributed by atoms with Crippen LogP contribution in [0, 0.1) is 0 Å². The average Bonchev–Trinajstić information content (AvgIpc) is 2.27. The molecular weight excluding hydrogens is 190 g/mol. The molecule has 76 valence electrons. The fraction of sp³-hybridized carbons (Fsp3) is 0.167. The van der Waals surface area contributed by atoms with Gasteiger partial charge in [-0.1, -0.05) is 18.2 Å². The van der Waals surface area contributed by atoms with Crippen molar-refractivity contribution in [3.63, 3.8) is 0 Å². The minimum Gasteiger partial charge on any atom is -0.390 e. The molecule has 0 aliphatic carbocycles. The maximum atomic E-state index is 11.3. The van der Waals surface area contributed by atoms with E-state index in [1.165, 1.54) is 6.92 Å². The van der Waals surface area contributed by atoms with Crippen molar-refractivity contribution < 1.29 is 9.90 Å². The first-order valence-corrected chi connectivity index (χ1v) is 4.73. The van der Waals surface area contributed by atoms with E-state index in [1.54, 1.807) is 6.07 Å². The molecule has 0 aliphatic rings. The highest BCUT2D eigenvalue weighted by Gasteiger charge is 2.09. The number of rotatable bonds is 2. The summed E-state index contributed by atoms with van der Waals surface area (Å²) < 4.78 is 0. The minimum atomic E-state index is -0.209. The summed E-state index contributed by atoms with van der Waals surface area (Å²) >= 11 is 0. The van der Waals surface area contributed by atoms with Gasteiger partial charge >= 0.3 is 0 Å². The Morgan fingerprint density at radius 1 is 1.40 bits per heavy atom. The van der Waals surface area contributed by atoms with E-state index in [0.29, 0.717) is 11.3 Å². The van der Waals surface area contributed by atoms with Gasteiger partial charge in [0.05, 0.1) is 17.8 Å². The van der Waals surface area contributed by atoms with Gasteiger partial charge in [0.2, 0.25) is 0 Å². The zero-order valence-corrected chi connectivity index (χ0v) is 8.40. The number of para-hydroxylation sites is 1. The number of carbonyl (C=O) groups is 1. The van der Waals surface area contributed by atoms with Gasteiger partial charge in [-0.2, -0.15) is 0 Å². The van der Waals surface area contributed by atoms with E-state index in [0.717, 1.165) is 10.9 Å². The second kappa shape index (κ2) is 3.79. The van der Waals surface area contributed by atoms with Gasteiger partial charge in [-0.15, -0.1) is 0 Å². The number of hydrogen-bond acceptors (Lipinski definition) is 3. The zero-order valence-electron chi connectivity index (χ0n) is 8.40. The highest BCUT2D eigenvalue weighted by atomic mass is 16.3. The summed E-state index contributed by atoms with van der Waals surface area (Å²) in [6.07, 6.45) is 0. The molecule has 15 heavy (non-hydrogen) atoms. The van der Waals surface area contributed by atoms with Crippen LogP contribution in [0.1, 0.15) is 23.0 Å². The smallest absolute Gasteiger partial charge is 0.161 e. The zero-order chi connectivity index (χ0) is 10.8. The number of benzene rings is 1. The molecule has 1 aromatic carbocycles. The molecule has 0 spiro atoms. The molecule has 1 N–H and O–H groups in total. The summed E-state index contributed by atoms with van der Waals surface area (Å²) in [6, 6.07) is 9.31. The largest absolute Gasteiger partial charge is 0.390 e. The van der Waals surface area contributed by atoms with Gasteiger partial charge in [0, 0.05) is 10.9 Å². The van der Waals surface area contributed by atoms with Crippen molar-refractivity contribution in [1.29, 1.82) is 0 Å². The minimum absolute atomic E-state index is 0.0719. The van der Waals surface area contributed by atoms with Crippen LogP contribution in [0.4, 0.5) is 0 Å². The first-order valence-electron chi connectivity index (χ1n) is 4.73. The molecule has 0 aliphatic heterocycles. The van der Waals surface area contributed by atoms with Crippen LogP contribution in [0.3, 0.4) is 0 Å². The number of pyridine rings is 1. The van der Waals surface area contributed by atoms with E-state index < -0.39 is 0 Å². The number of aromatic nitrogens is 1. The molecule has 1 aromatic heterocycles. The fourth-order valence-electron chi connectivity index (χ4n) is 1.58. The lowest BCUT2D eigenvalue weighted by Crippen LogP contribution is -2.02.